The number of aromatic nitrogens is 1. The summed E-state index contributed by atoms with van der Waals surface area (Å²) in [6.07, 6.45) is 3.60. The van der Waals surface area contributed by atoms with Crippen LogP contribution < -0.4 is 5.32 Å². The molecule has 0 bridgehead atoms. The number of amides is 1. The highest BCUT2D eigenvalue weighted by Crippen LogP contribution is 2.25. The molecule has 0 aliphatic heterocycles. The van der Waals surface area contributed by atoms with Crippen LogP contribution >= 0.6 is 11.8 Å². The molecule has 6 nitrogen and oxygen atoms in total. The molecule has 3 aromatic rings. The van der Waals surface area contributed by atoms with E-state index in [2.05, 4.69) is 10.3 Å². The number of carbonyl (C=O) groups is 1. The normalized spacial score (nSPS) is 11.5. The molecule has 0 spiro atoms. The standard InChI is InChI=1S/C24H27N3O3S2/c1-4-27(5-2)32(29,30)23-15-20(9-8-18(23)3)24(28)26-21-10-12-22(13-11-21)31-17-19-7-6-14-25-16-19/h6-16H,4-5,17H2,1-3H3,(H,26,28). The Balaban J connectivity index is 1.70. The molecule has 2 aromatic carbocycles. The van der Waals surface area contributed by atoms with Gasteiger partial charge >= 0.3 is 0 Å². The van der Waals surface area contributed by atoms with Crippen molar-refractivity contribution in [1.29, 1.82) is 0 Å². The largest absolute Gasteiger partial charge is 0.322 e. The summed E-state index contributed by atoms with van der Waals surface area (Å²) in [6, 6.07) is 16.3. The molecule has 0 atom stereocenters. The number of sulfonamides is 1. The molecule has 1 amide bonds. The Morgan fingerprint density at radius 1 is 1.06 bits per heavy atom. The van der Waals surface area contributed by atoms with Crippen molar-refractivity contribution in [3.63, 3.8) is 0 Å². The maximum atomic E-state index is 12.9. The molecular formula is C24H27N3O3S2. The van der Waals surface area contributed by atoms with Crippen LogP contribution in [0.4, 0.5) is 5.69 Å². The van der Waals surface area contributed by atoms with Crippen molar-refractivity contribution in [2.45, 2.75) is 36.3 Å². The maximum Gasteiger partial charge on any atom is 0.255 e. The zero-order valence-corrected chi connectivity index (χ0v) is 20.0. The number of aryl methyl sites for hydroxylation is 1. The van der Waals surface area contributed by atoms with E-state index in [0.717, 1.165) is 16.2 Å². The van der Waals surface area contributed by atoms with E-state index < -0.39 is 10.0 Å². The summed E-state index contributed by atoms with van der Waals surface area (Å²) in [6.45, 7) is 6.08. The van der Waals surface area contributed by atoms with Crippen molar-refractivity contribution in [3.05, 3.63) is 83.7 Å². The molecule has 32 heavy (non-hydrogen) atoms. The van der Waals surface area contributed by atoms with E-state index in [0.29, 0.717) is 29.9 Å². The lowest BCUT2D eigenvalue weighted by Gasteiger charge is -2.20. The first-order valence-corrected chi connectivity index (χ1v) is 12.8. The Bertz CT molecular complexity index is 1160. The number of carbonyl (C=O) groups excluding carboxylic acids is 1. The van der Waals surface area contributed by atoms with Gasteiger partial charge in [-0.3, -0.25) is 9.78 Å². The van der Waals surface area contributed by atoms with Gasteiger partial charge in [0.15, 0.2) is 0 Å². The number of benzene rings is 2. The summed E-state index contributed by atoms with van der Waals surface area (Å²) in [4.78, 5) is 18.1. The van der Waals surface area contributed by atoms with Gasteiger partial charge in [0, 0.05) is 47.4 Å². The van der Waals surface area contributed by atoms with Gasteiger partial charge in [-0.2, -0.15) is 4.31 Å². The van der Waals surface area contributed by atoms with Gasteiger partial charge in [-0.15, -0.1) is 11.8 Å². The number of nitrogens with zero attached hydrogens (tertiary/aromatic N) is 2. The molecule has 1 aromatic heterocycles. The van der Waals surface area contributed by atoms with Crippen LogP contribution in [0.5, 0.6) is 0 Å². The van der Waals surface area contributed by atoms with Gasteiger partial charge in [0.05, 0.1) is 4.90 Å². The Morgan fingerprint density at radius 2 is 1.78 bits per heavy atom. The summed E-state index contributed by atoms with van der Waals surface area (Å²) < 4.78 is 27.3. The Labute approximate surface area is 194 Å². The third-order valence-electron chi connectivity index (χ3n) is 5.01. The number of nitrogens with one attached hydrogen (secondary N) is 1. The first-order chi connectivity index (χ1) is 15.3. The van der Waals surface area contributed by atoms with Crippen LogP contribution in [0.1, 0.15) is 35.3 Å². The van der Waals surface area contributed by atoms with E-state index in [1.807, 2.05) is 42.6 Å². The first kappa shape index (κ1) is 24.0. The Hall–Kier alpha value is -2.68. The van der Waals surface area contributed by atoms with Crippen molar-refractivity contribution in [3.8, 4) is 0 Å². The fourth-order valence-corrected chi connectivity index (χ4v) is 5.75. The zero-order valence-electron chi connectivity index (χ0n) is 18.4. The summed E-state index contributed by atoms with van der Waals surface area (Å²) >= 11 is 1.69. The van der Waals surface area contributed by atoms with Crippen molar-refractivity contribution in [1.82, 2.24) is 9.29 Å². The predicted octanol–water partition coefficient (Wildman–Crippen LogP) is 4.97. The van der Waals surface area contributed by atoms with Gasteiger partial charge in [-0.05, 0) is 60.5 Å². The van der Waals surface area contributed by atoms with Crippen LogP contribution in [-0.2, 0) is 15.8 Å². The number of hydrogen-bond acceptors (Lipinski definition) is 5. The number of hydrogen-bond donors (Lipinski definition) is 1. The smallest absolute Gasteiger partial charge is 0.255 e. The van der Waals surface area contributed by atoms with E-state index in [1.165, 1.54) is 10.4 Å². The quantitative estimate of drug-likeness (QED) is 0.448. The summed E-state index contributed by atoms with van der Waals surface area (Å²) in [5.41, 5.74) is 2.71. The van der Waals surface area contributed by atoms with Gasteiger partial charge in [0.25, 0.3) is 5.91 Å². The topological polar surface area (TPSA) is 79.4 Å². The van der Waals surface area contributed by atoms with Gasteiger partial charge < -0.3 is 5.32 Å². The zero-order chi connectivity index (χ0) is 23.1. The minimum absolute atomic E-state index is 0.163. The van der Waals surface area contributed by atoms with Crippen LogP contribution in [0, 0.1) is 6.92 Å². The lowest BCUT2D eigenvalue weighted by atomic mass is 10.1. The molecule has 0 fully saturated rings. The molecule has 0 radical (unpaired) electrons. The molecule has 0 saturated heterocycles. The Kier molecular flexibility index (Phi) is 8.06. The molecule has 3 rings (SSSR count). The highest BCUT2D eigenvalue weighted by Gasteiger charge is 2.24. The highest BCUT2D eigenvalue weighted by atomic mass is 32.2. The van der Waals surface area contributed by atoms with Gasteiger partial charge in [-0.1, -0.05) is 26.0 Å². The average Bonchev–Trinajstić information content (AvgIpc) is 2.80. The molecule has 0 unspecified atom stereocenters. The summed E-state index contributed by atoms with van der Waals surface area (Å²) in [7, 11) is -3.65. The van der Waals surface area contributed by atoms with Gasteiger partial charge in [0.2, 0.25) is 10.0 Å². The molecule has 0 aliphatic rings. The van der Waals surface area contributed by atoms with Gasteiger partial charge in [0.1, 0.15) is 0 Å². The predicted molar refractivity (Wildman–Crippen MR) is 129 cm³/mol. The SMILES string of the molecule is CCN(CC)S(=O)(=O)c1cc(C(=O)Nc2ccc(SCc3cccnc3)cc2)ccc1C. The van der Waals surface area contributed by atoms with Crippen LogP contribution in [0.15, 0.2) is 76.8 Å². The van der Waals surface area contributed by atoms with E-state index in [4.69, 9.17) is 0 Å². The molecular weight excluding hydrogens is 442 g/mol. The number of pyridine rings is 1. The Morgan fingerprint density at radius 3 is 2.41 bits per heavy atom. The van der Waals surface area contributed by atoms with Gasteiger partial charge in [-0.25, -0.2) is 8.42 Å². The molecule has 8 heteroatoms. The van der Waals surface area contributed by atoms with Crippen LogP contribution in [0.2, 0.25) is 0 Å². The minimum Gasteiger partial charge on any atom is -0.322 e. The first-order valence-electron chi connectivity index (χ1n) is 10.4. The average molecular weight is 470 g/mol. The van der Waals surface area contributed by atoms with Crippen molar-refractivity contribution >= 4 is 33.4 Å². The lowest BCUT2D eigenvalue weighted by molar-refractivity contribution is 0.102. The van der Waals surface area contributed by atoms with Crippen molar-refractivity contribution in [2.24, 2.45) is 0 Å². The fourth-order valence-electron chi connectivity index (χ4n) is 3.21. The minimum atomic E-state index is -3.65. The number of rotatable bonds is 9. The maximum absolute atomic E-state index is 12.9. The second-order valence-electron chi connectivity index (χ2n) is 7.20. The molecule has 1 N–H and O–H groups in total. The summed E-state index contributed by atoms with van der Waals surface area (Å²) in [5.74, 6) is 0.462. The lowest BCUT2D eigenvalue weighted by Crippen LogP contribution is -2.31. The van der Waals surface area contributed by atoms with Crippen molar-refractivity contribution < 1.29 is 13.2 Å². The second-order valence-corrected chi connectivity index (χ2v) is 10.2. The number of thioether (sulfide) groups is 1. The van der Waals surface area contributed by atoms with E-state index in [1.54, 1.807) is 50.9 Å². The molecule has 0 aliphatic carbocycles. The highest BCUT2D eigenvalue weighted by molar-refractivity contribution is 7.98. The van der Waals surface area contributed by atoms with E-state index in [9.17, 15) is 13.2 Å². The molecule has 168 valence electrons. The van der Waals surface area contributed by atoms with Crippen LogP contribution in [-0.4, -0.2) is 36.7 Å². The number of anilines is 1. The summed E-state index contributed by atoms with van der Waals surface area (Å²) in [5, 5.41) is 2.85. The van der Waals surface area contributed by atoms with Crippen LogP contribution in [0.3, 0.4) is 0 Å². The third kappa shape index (κ3) is 5.76. The van der Waals surface area contributed by atoms with Crippen LogP contribution in [0.25, 0.3) is 0 Å². The monoisotopic (exact) mass is 469 g/mol. The van der Waals surface area contributed by atoms with Crippen molar-refractivity contribution in [2.75, 3.05) is 18.4 Å². The molecule has 0 saturated carbocycles. The fraction of sp³-hybridized carbons (Fsp3) is 0.250. The van der Waals surface area contributed by atoms with E-state index in [-0.39, 0.29) is 10.8 Å². The third-order valence-corrected chi connectivity index (χ3v) is 8.29. The molecule has 1 heterocycles. The van der Waals surface area contributed by atoms with E-state index >= 15 is 0 Å². The second kappa shape index (κ2) is 10.8.